The van der Waals surface area contributed by atoms with Crippen LogP contribution >= 0.6 is 0 Å². The van der Waals surface area contributed by atoms with Gasteiger partial charge in [0.25, 0.3) is 0 Å². The third-order valence-corrected chi connectivity index (χ3v) is 5.29. The van der Waals surface area contributed by atoms with Crippen LogP contribution in [0.3, 0.4) is 0 Å². The summed E-state index contributed by atoms with van der Waals surface area (Å²) in [4.78, 5) is 12.1. The summed E-state index contributed by atoms with van der Waals surface area (Å²) in [5.41, 5.74) is 7.84. The maximum absolute atomic E-state index is 12.1. The molecule has 0 amide bonds. The minimum Gasteiger partial charge on any atom is -0.400 e. The molecule has 1 aliphatic heterocycles. The van der Waals surface area contributed by atoms with Crippen LogP contribution in [0.4, 0.5) is 0 Å². The molecular formula is C19H26BNO3. The van der Waals surface area contributed by atoms with Crippen LogP contribution < -0.4 is 5.73 Å². The molecule has 4 nitrogen and oxygen atoms in total. The lowest BCUT2D eigenvalue weighted by atomic mass is 9.77. The molecule has 0 atom stereocenters. The van der Waals surface area contributed by atoms with Crippen molar-refractivity contribution in [2.45, 2.75) is 51.7 Å². The standard InChI is InChI=1S/C19H26BNO3/c1-18(2)19(3,4)24-20(23-18)16(12-21)11-13-5-7-14(8-6-13)17(22)15-9-10-15/h5-8,11,15H,9-10,12,21H2,1-4H3. The van der Waals surface area contributed by atoms with Gasteiger partial charge in [-0.25, -0.2) is 0 Å². The van der Waals surface area contributed by atoms with Gasteiger partial charge in [0, 0.05) is 18.0 Å². The first-order valence-electron chi connectivity index (χ1n) is 8.64. The molecule has 2 fully saturated rings. The summed E-state index contributed by atoms with van der Waals surface area (Å²) in [6.45, 7) is 8.47. The number of carbonyl (C=O) groups excluding carboxylic acids is 1. The van der Waals surface area contributed by atoms with Gasteiger partial charge in [0.05, 0.1) is 11.2 Å². The maximum atomic E-state index is 12.1. The Morgan fingerprint density at radius 3 is 2.17 bits per heavy atom. The summed E-state index contributed by atoms with van der Waals surface area (Å²) in [6.07, 6.45) is 4.05. The van der Waals surface area contributed by atoms with E-state index in [-0.39, 0.29) is 22.9 Å². The number of Topliss-reactive ketones (excluding diaryl/α,β-unsaturated/α-hetero) is 1. The van der Waals surface area contributed by atoms with Crippen LogP contribution in [0.1, 0.15) is 56.5 Å². The van der Waals surface area contributed by atoms with Crippen molar-refractivity contribution in [3.8, 4) is 0 Å². The fourth-order valence-corrected chi connectivity index (χ4v) is 2.76. The Labute approximate surface area is 144 Å². The number of rotatable bonds is 5. The number of hydrogen-bond donors (Lipinski definition) is 1. The van der Waals surface area contributed by atoms with E-state index in [1.54, 1.807) is 0 Å². The Morgan fingerprint density at radius 1 is 1.17 bits per heavy atom. The highest BCUT2D eigenvalue weighted by atomic mass is 16.7. The Hall–Kier alpha value is -1.43. The lowest BCUT2D eigenvalue weighted by molar-refractivity contribution is 0.00578. The molecule has 0 bridgehead atoms. The maximum Gasteiger partial charge on any atom is 0.491 e. The summed E-state index contributed by atoms with van der Waals surface area (Å²) in [6, 6.07) is 7.70. The van der Waals surface area contributed by atoms with Crippen LogP contribution in [-0.4, -0.2) is 30.6 Å². The van der Waals surface area contributed by atoms with Gasteiger partial charge in [0.15, 0.2) is 5.78 Å². The first kappa shape index (κ1) is 17.4. The Morgan fingerprint density at radius 2 is 1.71 bits per heavy atom. The normalized spacial score (nSPS) is 22.7. The van der Waals surface area contributed by atoms with Gasteiger partial charge in [0.2, 0.25) is 0 Å². The summed E-state index contributed by atoms with van der Waals surface area (Å²) in [5, 5.41) is 0. The summed E-state index contributed by atoms with van der Waals surface area (Å²) < 4.78 is 12.1. The van der Waals surface area contributed by atoms with Gasteiger partial charge in [-0.15, -0.1) is 0 Å². The topological polar surface area (TPSA) is 61.5 Å². The van der Waals surface area contributed by atoms with E-state index in [4.69, 9.17) is 15.0 Å². The van der Waals surface area contributed by atoms with Crippen molar-refractivity contribution in [3.63, 3.8) is 0 Å². The molecule has 0 unspecified atom stereocenters. The van der Waals surface area contributed by atoms with Gasteiger partial charge in [-0.2, -0.15) is 0 Å². The average molecular weight is 327 g/mol. The van der Waals surface area contributed by atoms with Crippen LogP contribution in [-0.2, 0) is 9.31 Å². The van der Waals surface area contributed by atoms with Crippen molar-refractivity contribution in [2.75, 3.05) is 6.54 Å². The van der Waals surface area contributed by atoms with Crippen LogP contribution in [0.2, 0.25) is 0 Å². The summed E-state index contributed by atoms with van der Waals surface area (Å²) >= 11 is 0. The molecule has 24 heavy (non-hydrogen) atoms. The molecule has 1 aromatic carbocycles. The van der Waals surface area contributed by atoms with Crippen molar-refractivity contribution in [3.05, 3.63) is 40.9 Å². The number of hydrogen-bond acceptors (Lipinski definition) is 4. The summed E-state index contributed by atoms with van der Waals surface area (Å²) in [7, 11) is -0.437. The fourth-order valence-electron chi connectivity index (χ4n) is 2.76. The first-order valence-corrected chi connectivity index (χ1v) is 8.64. The van der Waals surface area contributed by atoms with Crippen molar-refractivity contribution < 1.29 is 14.1 Å². The molecule has 2 N–H and O–H groups in total. The number of ketones is 1. The van der Waals surface area contributed by atoms with E-state index in [9.17, 15) is 4.79 Å². The fraction of sp³-hybridized carbons (Fsp3) is 0.526. The van der Waals surface area contributed by atoms with E-state index in [1.165, 1.54) is 0 Å². The number of carbonyl (C=O) groups is 1. The van der Waals surface area contributed by atoms with E-state index in [1.807, 2.05) is 58.0 Å². The SMILES string of the molecule is CC1(C)OB(C(=Cc2ccc(C(=O)C3CC3)cc2)CN)OC1(C)C. The van der Waals surface area contributed by atoms with Crippen molar-refractivity contribution in [2.24, 2.45) is 11.7 Å². The molecule has 128 valence electrons. The van der Waals surface area contributed by atoms with E-state index < -0.39 is 7.12 Å². The Balaban J connectivity index is 1.77. The predicted octanol–water partition coefficient (Wildman–Crippen LogP) is 3.25. The predicted molar refractivity (Wildman–Crippen MR) is 96.6 cm³/mol. The smallest absolute Gasteiger partial charge is 0.400 e. The minimum absolute atomic E-state index is 0.246. The zero-order chi connectivity index (χ0) is 17.5. The molecule has 5 heteroatoms. The monoisotopic (exact) mass is 327 g/mol. The molecule has 1 saturated carbocycles. The zero-order valence-corrected chi connectivity index (χ0v) is 15.0. The first-order chi connectivity index (χ1) is 11.2. The van der Waals surface area contributed by atoms with Gasteiger partial charge in [0.1, 0.15) is 0 Å². The molecule has 0 radical (unpaired) electrons. The highest BCUT2D eigenvalue weighted by Gasteiger charge is 2.52. The van der Waals surface area contributed by atoms with Gasteiger partial charge in [-0.05, 0) is 51.6 Å². The zero-order valence-electron chi connectivity index (χ0n) is 15.0. The van der Waals surface area contributed by atoms with Crippen LogP contribution in [0.5, 0.6) is 0 Å². The lowest BCUT2D eigenvalue weighted by Gasteiger charge is -2.32. The second-order valence-electron chi connectivity index (χ2n) is 7.77. The summed E-state index contributed by atoms with van der Waals surface area (Å²) in [5.74, 6) is 0.506. The third kappa shape index (κ3) is 3.34. The average Bonchev–Trinajstić information content (AvgIpc) is 3.33. The Bertz CT molecular complexity index is 644. The molecule has 2 aliphatic rings. The van der Waals surface area contributed by atoms with Crippen molar-refractivity contribution >= 4 is 19.0 Å². The quantitative estimate of drug-likeness (QED) is 0.666. The lowest BCUT2D eigenvalue weighted by Crippen LogP contribution is -2.41. The highest BCUT2D eigenvalue weighted by Crippen LogP contribution is 2.38. The highest BCUT2D eigenvalue weighted by molar-refractivity contribution is 6.55. The van der Waals surface area contributed by atoms with E-state index in [0.29, 0.717) is 6.54 Å². The molecule has 1 saturated heterocycles. The van der Waals surface area contributed by atoms with Gasteiger partial charge in [-0.3, -0.25) is 4.79 Å². The molecular weight excluding hydrogens is 301 g/mol. The van der Waals surface area contributed by atoms with Gasteiger partial charge < -0.3 is 15.0 Å². The molecule has 0 aromatic heterocycles. The number of benzene rings is 1. The van der Waals surface area contributed by atoms with Crippen LogP contribution in [0, 0.1) is 5.92 Å². The molecule has 1 aliphatic carbocycles. The van der Waals surface area contributed by atoms with E-state index in [2.05, 4.69) is 0 Å². The molecule has 1 aromatic rings. The van der Waals surface area contributed by atoms with Crippen molar-refractivity contribution in [1.29, 1.82) is 0 Å². The van der Waals surface area contributed by atoms with Crippen LogP contribution in [0.15, 0.2) is 29.7 Å². The second-order valence-corrected chi connectivity index (χ2v) is 7.77. The second kappa shape index (κ2) is 6.14. The largest absolute Gasteiger partial charge is 0.491 e. The molecule has 3 rings (SSSR count). The molecule has 1 heterocycles. The van der Waals surface area contributed by atoms with E-state index in [0.717, 1.165) is 29.4 Å². The van der Waals surface area contributed by atoms with Gasteiger partial charge >= 0.3 is 7.12 Å². The van der Waals surface area contributed by atoms with Gasteiger partial charge in [-0.1, -0.05) is 30.3 Å². The van der Waals surface area contributed by atoms with Crippen LogP contribution in [0.25, 0.3) is 6.08 Å². The molecule has 0 spiro atoms. The minimum atomic E-state index is -0.437. The Kier molecular flexibility index (Phi) is 4.45. The third-order valence-electron chi connectivity index (χ3n) is 5.29. The number of nitrogens with two attached hydrogens (primary N) is 1. The van der Waals surface area contributed by atoms with Crippen molar-refractivity contribution in [1.82, 2.24) is 0 Å². The van der Waals surface area contributed by atoms with E-state index >= 15 is 0 Å².